The molecule has 0 radical (unpaired) electrons. The zero-order valence-electron chi connectivity index (χ0n) is 16.0. The van der Waals surface area contributed by atoms with E-state index < -0.39 is 0 Å². The molecule has 2 aromatic rings. The summed E-state index contributed by atoms with van der Waals surface area (Å²) in [5, 5.41) is 11.0. The van der Waals surface area contributed by atoms with Crippen LogP contribution in [0.4, 0.5) is 4.39 Å². The van der Waals surface area contributed by atoms with Crippen LogP contribution in [0, 0.1) is 11.7 Å². The second-order valence-electron chi connectivity index (χ2n) is 7.20. The van der Waals surface area contributed by atoms with Gasteiger partial charge in [0.2, 0.25) is 0 Å². The van der Waals surface area contributed by atoms with Crippen molar-refractivity contribution >= 4 is 29.9 Å². The molecule has 2 N–H and O–H groups in total. The Labute approximate surface area is 177 Å². The average molecular weight is 485 g/mol. The van der Waals surface area contributed by atoms with E-state index in [1.807, 2.05) is 23.0 Å². The maximum absolute atomic E-state index is 13.5. The van der Waals surface area contributed by atoms with E-state index in [0.717, 1.165) is 44.0 Å². The number of aromatic nitrogens is 2. The molecule has 1 aromatic carbocycles. The summed E-state index contributed by atoms with van der Waals surface area (Å²) in [5.74, 6) is 1.08. The molecule has 7 heteroatoms. The molecule has 0 saturated heterocycles. The van der Waals surface area contributed by atoms with Crippen molar-refractivity contribution in [3.8, 4) is 0 Å². The molecule has 1 aromatic heterocycles. The highest BCUT2D eigenvalue weighted by Gasteiger charge is 2.44. The van der Waals surface area contributed by atoms with Gasteiger partial charge in [0.1, 0.15) is 5.82 Å². The lowest BCUT2D eigenvalue weighted by atomic mass is 9.96. The number of rotatable bonds is 8. The summed E-state index contributed by atoms with van der Waals surface area (Å²) >= 11 is 0. The molecule has 3 rings (SSSR count). The highest BCUT2D eigenvalue weighted by molar-refractivity contribution is 14.0. The summed E-state index contributed by atoms with van der Waals surface area (Å²) in [6.07, 6.45) is 5.91. The third-order valence-corrected chi connectivity index (χ3v) is 4.85. The lowest BCUT2D eigenvalue weighted by molar-refractivity contribution is 0.443. The van der Waals surface area contributed by atoms with Gasteiger partial charge in [-0.05, 0) is 49.4 Å². The minimum absolute atomic E-state index is 0. The summed E-state index contributed by atoms with van der Waals surface area (Å²) in [6, 6.07) is 8.88. The van der Waals surface area contributed by atoms with Gasteiger partial charge in [0, 0.05) is 37.4 Å². The summed E-state index contributed by atoms with van der Waals surface area (Å²) < 4.78 is 15.5. The highest BCUT2D eigenvalue weighted by atomic mass is 127. The normalized spacial score (nSPS) is 16.3. The Kier molecular flexibility index (Phi) is 8.07. The van der Waals surface area contributed by atoms with Crippen LogP contribution >= 0.6 is 24.0 Å². The van der Waals surface area contributed by atoms with Crippen molar-refractivity contribution in [1.29, 1.82) is 0 Å². The molecule has 0 amide bonds. The molecule has 5 nitrogen and oxygen atoms in total. The van der Waals surface area contributed by atoms with Crippen LogP contribution in [0.1, 0.15) is 32.3 Å². The van der Waals surface area contributed by atoms with E-state index in [2.05, 4.69) is 29.6 Å². The summed E-state index contributed by atoms with van der Waals surface area (Å²) in [5.41, 5.74) is 1.06. The topological polar surface area (TPSA) is 54.2 Å². The summed E-state index contributed by atoms with van der Waals surface area (Å²) in [7, 11) is 0. The van der Waals surface area contributed by atoms with Crippen molar-refractivity contribution in [3.05, 3.63) is 54.1 Å². The third kappa shape index (κ3) is 6.19. The monoisotopic (exact) mass is 485 g/mol. The molecule has 148 valence electrons. The van der Waals surface area contributed by atoms with E-state index in [-0.39, 0.29) is 35.2 Å². The van der Waals surface area contributed by atoms with Crippen LogP contribution in [0.25, 0.3) is 0 Å². The molecule has 1 atom stereocenters. The minimum atomic E-state index is -0.171. The molecule has 1 fully saturated rings. The van der Waals surface area contributed by atoms with Crippen LogP contribution in [-0.2, 0) is 12.0 Å². The number of guanidine groups is 1. The van der Waals surface area contributed by atoms with Crippen LogP contribution in [0.15, 0.2) is 47.7 Å². The third-order valence-electron chi connectivity index (χ3n) is 4.85. The lowest BCUT2D eigenvalue weighted by Gasteiger charge is -2.18. The van der Waals surface area contributed by atoms with Gasteiger partial charge in [-0.2, -0.15) is 5.10 Å². The molecule has 0 spiro atoms. The van der Waals surface area contributed by atoms with Gasteiger partial charge in [0.05, 0.1) is 6.54 Å². The van der Waals surface area contributed by atoms with Crippen molar-refractivity contribution in [2.45, 2.75) is 38.6 Å². The molecule has 1 aliphatic rings. The van der Waals surface area contributed by atoms with Gasteiger partial charge in [0.15, 0.2) is 5.96 Å². The Morgan fingerprint density at radius 2 is 2.15 bits per heavy atom. The van der Waals surface area contributed by atoms with Crippen molar-refractivity contribution in [2.24, 2.45) is 10.9 Å². The molecule has 0 bridgehead atoms. The average Bonchev–Trinajstić information content (AvgIpc) is 3.26. The van der Waals surface area contributed by atoms with Crippen LogP contribution in [0.5, 0.6) is 0 Å². The highest BCUT2D eigenvalue weighted by Crippen LogP contribution is 2.48. The minimum Gasteiger partial charge on any atom is -0.357 e. The number of aliphatic imine (C=N–C) groups is 1. The van der Waals surface area contributed by atoms with E-state index in [1.54, 1.807) is 18.3 Å². The van der Waals surface area contributed by atoms with Crippen LogP contribution in [-0.4, -0.2) is 35.4 Å². The maximum atomic E-state index is 13.5. The SMILES string of the molecule is CCNC(=NCC1(c2cccc(F)c2)CC1)NCC(C)Cn1cccn1.I. The first-order chi connectivity index (χ1) is 12.6. The van der Waals surface area contributed by atoms with E-state index in [4.69, 9.17) is 4.99 Å². The second kappa shape index (κ2) is 10.1. The van der Waals surface area contributed by atoms with Gasteiger partial charge in [0.25, 0.3) is 0 Å². The second-order valence-corrected chi connectivity index (χ2v) is 7.20. The van der Waals surface area contributed by atoms with Gasteiger partial charge in [-0.3, -0.25) is 9.67 Å². The molecule has 1 heterocycles. The molecular weight excluding hydrogens is 456 g/mol. The van der Waals surface area contributed by atoms with Gasteiger partial charge < -0.3 is 10.6 Å². The fraction of sp³-hybridized carbons (Fsp3) is 0.500. The fourth-order valence-corrected chi connectivity index (χ4v) is 3.14. The molecular formula is C20H29FIN5. The van der Waals surface area contributed by atoms with E-state index in [9.17, 15) is 4.39 Å². The van der Waals surface area contributed by atoms with Gasteiger partial charge >= 0.3 is 0 Å². The van der Waals surface area contributed by atoms with Crippen molar-refractivity contribution < 1.29 is 4.39 Å². The zero-order valence-corrected chi connectivity index (χ0v) is 18.3. The smallest absolute Gasteiger partial charge is 0.191 e. The molecule has 1 unspecified atom stereocenters. The first-order valence-electron chi connectivity index (χ1n) is 9.37. The van der Waals surface area contributed by atoms with Crippen molar-refractivity contribution in [1.82, 2.24) is 20.4 Å². The van der Waals surface area contributed by atoms with Crippen molar-refractivity contribution in [3.63, 3.8) is 0 Å². The van der Waals surface area contributed by atoms with Crippen LogP contribution < -0.4 is 10.6 Å². The van der Waals surface area contributed by atoms with Gasteiger partial charge in [-0.1, -0.05) is 19.1 Å². The fourth-order valence-electron chi connectivity index (χ4n) is 3.14. The Balaban J connectivity index is 0.00000261. The number of benzene rings is 1. The molecule has 27 heavy (non-hydrogen) atoms. The van der Waals surface area contributed by atoms with Gasteiger partial charge in [-0.25, -0.2) is 4.39 Å². The first kappa shape index (κ1) is 21.7. The Morgan fingerprint density at radius 1 is 1.33 bits per heavy atom. The van der Waals surface area contributed by atoms with E-state index >= 15 is 0 Å². The number of nitrogens with one attached hydrogen (secondary N) is 2. The van der Waals surface area contributed by atoms with E-state index in [0.29, 0.717) is 12.5 Å². The molecule has 1 saturated carbocycles. The summed E-state index contributed by atoms with van der Waals surface area (Å²) in [4.78, 5) is 4.77. The van der Waals surface area contributed by atoms with Gasteiger partial charge in [-0.15, -0.1) is 24.0 Å². The zero-order chi connectivity index (χ0) is 18.4. The summed E-state index contributed by atoms with van der Waals surface area (Å²) in [6.45, 7) is 7.42. The molecule has 1 aliphatic carbocycles. The number of hydrogen-bond donors (Lipinski definition) is 2. The Hall–Kier alpha value is -1.64. The van der Waals surface area contributed by atoms with Crippen LogP contribution in [0.2, 0.25) is 0 Å². The number of hydrogen-bond acceptors (Lipinski definition) is 2. The first-order valence-corrected chi connectivity index (χ1v) is 9.37. The number of halogens is 2. The van der Waals surface area contributed by atoms with E-state index in [1.165, 1.54) is 6.07 Å². The predicted octanol–water partition coefficient (Wildman–Crippen LogP) is 3.56. The standard InChI is InChI=1S/C20H28FN5.HI/c1-3-22-19(23-13-16(2)14-26-11-5-10-25-26)24-15-20(8-9-20)17-6-4-7-18(21)12-17;/h4-7,10-12,16H,3,8-9,13-15H2,1-2H3,(H2,22,23,24);1H. The predicted molar refractivity (Wildman–Crippen MR) is 118 cm³/mol. The van der Waals surface area contributed by atoms with Crippen LogP contribution in [0.3, 0.4) is 0 Å². The Bertz CT molecular complexity index is 728. The number of nitrogens with zero attached hydrogens (tertiary/aromatic N) is 3. The quantitative estimate of drug-likeness (QED) is 0.342. The largest absolute Gasteiger partial charge is 0.357 e. The lowest BCUT2D eigenvalue weighted by Crippen LogP contribution is -2.40. The van der Waals surface area contributed by atoms with Crippen molar-refractivity contribution in [2.75, 3.05) is 19.6 Å². The molecule has 0 aliphatic heterocycles. The maximum Gasteiger partial charge on any atom is 0.191 e. The Morgan fingerprint density at radius 3 is 2.78 bits per heavy atom.